The van der Waals surface area contributed by atoms with Gasteiger partial charge in [0.05, 0.1) is 17.3 Å². The number of anilines is 1. The molecule has 1 aromatic heterocycles. The highest BCUT2D eigenvalue weighted by atomic mass is 35.5. The van der Waals surface area contributed by atoms with Gasteiger partial charge in [0.15, 0.2) is 0 Å². The van der Waals surface area contributed by atoms with Crippen molar-refractivity contribution < 1.29 is 9.90 Å². The number of carboxylic acid groups (broad SMARTS) is 1. The standard InChI is InChI=1S/C23H20Cl3N3O2/c24-16-6-4-15(5-7-16)21-2-1-9-29(21)23-27-13-19(22(30)31)20(28-23)8-3-14-10-17(25)12-18(26)11-14/h4-7,10-13,21H,1-3,8-9H2,(H,30,31)/t21-/m1/s1. The van der Waals surface area contributed by atoms with Crippen molar-refractivity contribution in [3.8, 4) is 0 Å². The predicted molar refractivity (Wildman–Crippen MR) is 124 cm³/mol. The maximum Gasteiger partial charge on any atom is 0.339 e. The fourth-order valence-electron chi connectivity index (χ4n) is 3.97. The number of aryl methyl sites for hydroxylation is 2. The Bertz CT molecular complexity index is 1090. The third kappa shape index (κ3) is 5.12. The first kappa shape index (κ1) is 21.9. The minimum atomic E-state index is -1.04. The highest BCUT2D eigenvalue weighted by molar-refractivity contribution is 6.34. The van der Waals surface area contributed by atoms with Gasteiger partial charge in [0.2, 0.25) is 5.95 Å². The summed E-state index contributed by atoms with van der Waals surface area (Å²) in [5, 5.41) is 11.4. The topological polar surface area (TPSA) is 66.3 Å². The van der Waals surface area contributed by atoms with Crippen molar-refractivity contribution in [3.05, 3.63) is 86.1 Å². The minimum absolute atomic E-state index is 0.110. The maximum absolute atomic E-state index is 11.7. The van der Waals surface area contributed by atoms with Crippen LogP contribution in [-0.2, 0) is 12.8 Å². The van der Waals surface area contributed by atoms with E-state index < -0.39 is 5.97 Å². The molecule has 0 amide bonds. The zero-order valence-corrected chi connectivity index (χ0v) is 18.8. The second kappa shape index (κ2) is 9.43. The summed E-state index contributed by atoms with van der Waals surface area (Å²) >= 11 is 18.2. The van der Waals surface area contributed by atoms with E-state index in [0.29, 0.717) is 39.6 Å². The van der Waals surface area contributed by atoms with Gasteiger partial charge < -0.3 is 10.0 Å². The largest absolute Gasteiger partial charge is 0.478 e. The number of carbonyl (C=O) groups is 1. The van der Waals surface area contributed by atoms with Crippen LogP contribution in [0.3, 0.4) is 0 Å². The number of hydrogen-bond acceptors (Lipinski definition) is 4. The van der Waals surface area contributed by atoms with Gasteiger partial charge in [0.25, 0.3) is 0 Å². The van der Waals surface area contributed by atoms with Crippen molar-refractivity contribution in [1.82, 2.24) is 9.97 Å². The first-order valence-electron chi connectivity index (χ1n) is 9.97. The van der Waals surface area contributed by atoms with Crippen LogP contribution in [0.4, 0.5) is 5.95 Å². The smallest absolute Gasteiger partial charge is 0.339 e. The van der Waals surface area contributed by atoms with Crippen LogP contribution in [0.5, 0.6) is 0 Å². The molecule has 0 spiro atoms. The minimum Gasteiger partial charge on any atom is -0.478 e. The van der Waals surface area contributed by atoms with E-state index >= 15 is 0 Å². The molecule has 31 heavy (non-hydrogen) atoms. The average Bonchev–Trinajstić information content (AvgIpc) is 3.21. The SMILES string of the molecule is O=C(O)c1cnc(N2CCC[C@@H]2c2ccc(Cl)cc2)nc1CCc1cc(Cl)cc(Cl)c1. The molecule has 0 unspecified atom stereocenters. The number of carboxylic acids is 1. The molecule has 1 atom stereocenters. The van der Waals surface area contributed by atoms with Gasteiger partial charge in [0, 0.05) is 27.8 Å². The summed E-state index contributed by atoms with van der Waals surface area (Å²) < 4.78 is 0. The number of aromatic carboxylic acids is 1. The molecule has 1 fully saturated rings. The lowest BCUT2D eigenvalue weighted by molar-refractivity contribution is 0.0694. The normalized spacial score (nSPS) is 16.0. The monoisotopic (exact) mass is 475 g/mol. The zero-order valence-electron chi connectivity index (χ0n) is 16.6. The molecule has 160 valence electrons. The van der Waals surface area contributed by atoms with Crippen LogP contribution in [0.1, 0.15) is 46.1 Å². The van der Waals surface area contributed by atoms with Gasteiger partial charge in [0.1, 0.15) is 0 Å². The van der Waals surface area contributed by atoms with E-state index in [2.05, 4.69) is 14.9 Å². The highest BCUT2D eigenvalue weighted by Crippen LogP contribution is 2.35. The molecular weight excluding hydrogens is 457 g/mol. The van der Waals surface area contributed by atoms with E-state index in [1.807, 2.05) is 36.4 Å². The Labute approximate surface area is 195 Å². The van der Waals surface area contributed by atoms with Gasteiger partial charge in [-0.3, -0.25) is 0 Å². The highest BCUT2D eigenvalue weighted by Gasteiger charge is 2.29. The van der Waals surface area contributed by atoms with Gasteiger partial charge in [-0.25, -0.2) is 14.8 Å². The number of rotatable bonds is 6. The summed E-state index contributed by atoms with van der Waals surface area (Å²) in [6.07, 6.45) is 4.39. The summed E-state index contributed by atoms with van der Waals surface area (Å²) in [5.41, 5.74) is 2.67. The summed E-state index contributed by atoms with van der Waals surface area (Å²) in [6, 6.07) is 13.2. The molecule has 1 aliphatic heterocycles. The predicted octanol–water partition coefficient (Wildman–Crippen LogP) is 6.26. The van der Waals surface area contributed by atoms with E-state index in [1.165, 1.54) is 6.20 Å². The molecule has 0 radical (unpaired) electrons. The first-order chi connectivity index (χ1) is 14.9. The first-order valence-corrected chi connectivity index (χ1v) is 11.1. The fourth-order valence-corrected chi connectivity index (χ4v) is 4.67. The molecule has 1 N–H and O–H groups in total. The van der Waals surface area contributed by atoms with Crippen LogP contribution in [0.2, 0.25) is 15.1 Å². The molecule has 5 nitrogen and oxygen atoms in total. The number of aromatic nitrogens is 2. The molecular formula is C23H20Cl3N3O2. The Morgan fingerprint density at radius 2 is 1.74 bits per heavy atom. The fraction of sp³-hybridized carbons (Fsp3) is 0.261. The Morgan fingerprint density at radius 3 is 2.42 bits per heavy atom. The van der Waals surface area contributed by atoms with Crippen LogP contribution in [-0.4, -0.2) is 27.6 Å². The van der Waals surface area contributed by atoms with Crippen LogP contribution in [0, 0.1) is 0 Å². The van der Waals surface area contributed by atoms with E-state index in [-0.39, 0.29) is 11.6 Å². The van der Waals surface area contributed by atoms with Crippen LogP contribution < -0.4 is 4.90 Å². The van der Waals surface area contributed by atoms with E-state index in [4.69, 9.17) is 34.8 Å². The molecule has 1 saturated heterocycles. The molecule has 2 heterocycles. The second-order valence-corrected chi connectivity index (χ2v) is 8.83. The lowest BCUT2D eigenvalue weighted by atomic mass is 10.0. The van der Waals surface area contributed by atoms with Gasteiger partial charge >= 0.3 is 5.97 Å². The van der Waals surface area contributed by atoms with Gasteiger partial charge in [-0.05, 0) is 67.1 Å². The molecule has 8 heteroatoms. The number of nitrogens with zero attached hydrogens (tertiary/aromatic N) is 3. The van der Waals surface area contributed by atoms with Crippen LogP contribution in [0.15, 0.2) is 48.7 Å². The molecule has 0 bridgehead atoms. The number of benzene rings is 2. The second-order valence-electron chi connectivity index (χ2n) is 7.52. The molecule has 2 aromatic carbocycles. The zero-order chi connectivity index (χ0) is 22.0. The third-order valence-electron chi connectivity index (χ3n) is 5.42. The van der Waals surface area contributed by atoms with Crippen molar-refractivity contribution in [1.29, 1.82) is 0 Å². The molecule has 3 aromatic rings. The van der Waals surface area contributed by atoms with Crippen molar-refractivity contribution in [3.63, 3.8) is 0 Å². The van der Waals surface area contributed by atoms with Crippen molar-refractivity contribution in [2.45, 2.75) is 31.7 Å². The number of halogens is 3. The molecule has 0 saturated carbocycles. The summed E-state index contributed by atoms with van der Waals surface area (Å²) in [4.78, 5) is 22.9. The van der Waals surface area contributed by atoms with Gasteiger partial charge in [-0.1, -0.05) is 46.9 Å². The Hall–Kier alpha value is -2.34. The molecule has 0 aliphatic carbocycles. The van der Waals surface area contributed by atoms with Gasteiger partial charge in [-0.15, -0.1) is 0 Å². The summed E-state index contributed by atoms with van der Waals surface area (Å²) in [5.74, 6) is -0.497. The summed E-state index contributed by atoms with van der Waals surface area (Å²) in [6.45, 7) is 0.809. The average molecular weight is 477 g/mol. The van der Waals surface area contributed by atoms with E-state index in [0.717, 1.165) is 30.5 Å². The third-order valence-corrected chi connectivity index (χ3v) is 6.11. The van der Waals surface area contributed by atoms with Gasteiger partial charge in [-0.2, -0.15) is 0 Å². The maximum atomic E-state index is 11.7. The van der Waals surface area contributed by atoms with Crippen LogP contribution >= 0.6 is 34.8 Å². The van der Waals surface area contributed by atoms with Crippen molar-refractivity contribution in [2.24, 2.45) is 0 Å². The Balaban J connectivity index is 1.61. The van der Waals surface area contributed by atoms with Crippen LogP contribution in [0.25, 0.3) is 0 Å². The molecule has 1 aliphatic rings. The number of hydrogen-bond donors (Lipinski definition) is 1. The lowest BCUT2D eigenvalue weighted by Gasteiger charge is -2.25. The quantitative estimate of drug-likeness (QED) is 0.455. The van der Waals surface area contributed by atoms with E-state index in [1.54, 1.807) is 6.07 Å². The summed E-state index contributed by atoms with van der Waals surface area (Å²) in [7, 11) is 0. The lowest BCUT2D eigenvalue weighted by Crippen LogP contribution is -2.25. The molecule has 4 rings (SSSR count). The Kier molecular flexibility index (Phi) is 6.65. The van der Waals surface area contributed by atoms with E-state index in [9.17, 15) is 9.90 Å². The van der Waals surface area contributed by atoms with Crippen molar-refractivity contribution in [2.75, 3.05) is 11.4 Å². The van der Waals surface area contributed by atoms with Crippen molar-refractivity contribution >= 4 is 46.7 Å². The Morgan fingerprint density at radius 1 is 1.03 bits per heavy atom.